The molecule has 1 aliphatic rings. The second-order valence-electron chi connectivity index (χ2n) is 10.2. The normalized spacial score (nSPS) is 13.8. The Balaban J connectivity index is 1.45. The van der Waals surface area contributed by atoms with Crippen LogP contribution in [0.5, 0.6) is 0 Å². The van der Waals surface area contributed by atoms with E-state index in [1.54, 1.807) is 30.0 Å². The Morgan fingerprint density at radius 3 is 2.24 bits per heavy atom. The van der Waals surface area contributed by atoms with Crippen LogP contribution in [0.1, 0.15) is 53.1 Å². The molecule has 1 saturated heterocycles. The van der Waals surface area contributed by atoms with E-state index < -0.39 is 0 Å². The number of likely N-dealkylation sites (tertiary alicyclic amines) is 1. The summed E-state index contributed by atoms with van der Waals surface area (Å²) in [7, 11) is 0. The van der Waals surface area contributed by atoms with Crippen molar-refractivity contribution in [2.75, 3.05) is 19.7 Å². The average molecular weight is 616 g/mol. The van der Waals surface area contributed by atoms with Crippen molar-refractivity contribution in [3.8, 4) is 11.1 Å². The third-order valence-electron chi connectivity index (χ3n) is 7.57. The average Bonchev–Trinajstić information content (AvgIpc) is 2.98. The van der Waals surface area contributed by atoms with E-state index in [0.717, 1.165) is 15.6 Å². The Morgan fingerprint density at radius 1 is 0.927 bits per heavy atom. The summed E-state index contributed by atoms with van der Waals surface area (Å²) in [4.78, 5) is 53.8. The zero-order valence-corrected chi connectivity index (χ0v) is 24.6. The lowest BCUT2D eigenvalue weighted by atomic mass is 9.95. The number of ether oxygens (including phenoxy) is 1. The van der Waals surface area contributed by atoms with Crippen LogP contribution >= 0.6 is 15.9 Å². The maximum Gasteiger partial charge on any atom is 0.309 e. The zero-order valence-electron chi connectivity index (χ0n) is 23.1. The smallest absolute Gasteiger partial charge is 0.309 e. The number of benzene rings is 3. The largest absolute Gasteiger partial charge is 0.466 e. The number of rotatable bonds is 7. The Bertz CT molecular complexity index is 1670. The van der Waals surface area contributed by atoms with Crippen LogP contribution in [0.25, 0.3) is 21.9 Å². The Labute approximate surface area is 246 Å². The summed E-state index contributed by atoms with van der Waals surface area (Å²) in [6.45, 7) is 4.80. The molecule has 0 unspecified atom stereocenters. The molecule has 41 heavy (non-hydrogen) atoms. The number of Topliss-reactive ketones (excluding diaryl/α,β-unsaturated/α-hetero) is 1. The van der Waals surface area contributed by atoms with Gasteiger partial charge in [0.15, 0.2) is 5.78 Å². The molecule has 210 valence electrons. The molecule has 3 aromatic carbocycles. The van der Waals surface area contributed by atoms with E-state index in [4.69, 9.17) is 4.74 Å². The molecule has 5 rings (SSSR count). The van der Waals surface area contributed by atoms with Crippen molar-refractivity contribution in [3.63, 3.8) is 0 Å². The lowest BCUT2D eigenvalue weighted by Gasteiger charge is -2.31. The monoisotopic (exact) mass is 614 g/mol. The van der Waals surface area contributed by atoms with Crippen molar-refractivity contribution in [1.29, 1.82) is 0 Å². The van der Waals surface area contributed by atoms with Crippen molar-refractivity contribution in [2.24, 2.45) is 5.92 Å². The highest BCUT2D eigenvalue weighted by Crippen LogP contribution is 2.33. The maximum absolute atomic E-state index is 13.8. The Kier molecular flexibility index (Phi) is 8.49. The molecule has 1 amide bonds. The van der Waals surface area contributed by atoms with E-state index in [-0.39, 0.29) is 35.7 Å². The van der Waals surface area contributed by atoms with Gasteiger partial charge in [0.25, 0.3) is 11.5 Å². The molecule has 0 atom stereocenters. The molecular weight excluding hydrogens is 584 g/mol. The van der Waals surface area contributed by atoms with Crippen LogP contribution in [0.15, 0.2) is 82.1 Å². The highest BCUT2D eigenvalue weighted by atomic mass is 79.9. The highest BCUT2D eigenvalue weighted by Gasteiger charge is 2.29. The number of carbonyl (C=O) groups excluding carboxylic acids is 3. The van der Waals surface area contributed by atoms with Crippen LogP contribution in [-0.4, -0.2) is 46.8 Å². The summed E-state index contributed by atoms with van der Waals surface area (Å²) >= 11 is 3.51. The fourth-order valence-corrected chi connectivity index (χ4v) is 5.89. The van der Waals surface area contributed by atoms with E-state index in [1.807, 2.05) is 54.6 Å². The second-order valence-corrected chi connectivity index (χ2v) is 11.2. The molecule has 0 saturated carbocycles. The van der Waals surface area contributed by atoms with Crippen molar-refractivity contribution >= 4 is 44.4 Å². The van der Waals surface area contributed by atoms with Gasteiger partial charge in [-0.1, -0.05) is 58.4 Å². The summed E-state index contributed by atoms with van der Waals surface area (Å²) in [6.07, 6.45) is 1.17. The van der Waals surface area contributed by atoms with Crippen molar-refractivity contribution in [3.05, 3.63) is 104 Å². The van der Waals surface area contributed by atoms with Crippen molar-refractivity contribution in [1.82, 2.24) is 9.47 Å². The standard InChI is InChI=1S/C33H31BrN2O5/c1-3-41-33(40)25-15-17-35(18-16-25)31(38)24-11-9-22(10-12-24)20-36-30(21(2)37)29(23-7-5-4-6-8-23)28-19-26(34)13-14-27(28)32(36)39/h4-14,19,25H,3,15-18,20H2,1-2H3. The van der Waals surface area contributed by atoms with E-state index in [2.05, 4.69) is 15.9 Å². The number of amides is 1. The molecule has 1 fully saturated rings. The minimum absolute atomic E-state index is 0.0944. The Hall–Kier alpha value is -4.04. The minimum atomic E-state index is -0.248. The number of esters is 1. The van der Waals surface area contributed by atoms with Gasteiger partial charge in [-0.3, -0.25) is 23.7 Å². The fourth-order valence-electron chi connectivity index (χ4n) is 5.53. The topological polar surface area (TPSA) is 85.7 Å². The van der Waals surface area contributed by atoms with Gasteiger partial charge in [-0.2, -0.15) is 0 Å². The first-order valence-electron chi connectivity index (χ1n) is 13.8. The summed E-state index contributed by atoms with van der Waals surface area (Å²) in [6, 6.07) is 22.2. The molecule has 0 bridgehead atoms. The molecular formula is C33H31BrN2O5. The van der Waals surface area contributed by atoms with Crippen LogP contribution in [0.2, 0.25) is 0 Å². The van der Waals surface area contributed by atoms with E-state index in [9.17, 15) is 19.2 Å². The lowest BCUT2D eigenvalue weighted by Crippen LogP contribution is -2.40. The van der Waals surface area contributed by atoms with Gasteiger partial charge in [0, 0.05) is 41.0 Å². The van der Waals surface area contributed by atoms with Gasteiger partial charge in [0.05, 0.1) is 24.8 Å². The third kappa shape index (κ3) is 5.88. The number of hydrogen-bond donors (Lipinski definition) is 0. The van der Waals surface area contributed by atoms with E-state index >= 15 is 0 Å². The molecule has 0 spiro atoms. The quantitative estimate of drug-likeness (QED) is 0.185. The SMILES string of the molecule is CCOC(=O)C1CCN(C(=O)c2ccc(Cn3c(C(C)=O)c(-c4ccccc4)c4cc(Br)ccc4c3=O)cc2)CC1. The van der Waals surface area contributed by atoms with Crippen LogP contribution < -0.4 is 5.56 Å². The summed E-state index contributed by atoms with van der Waals surface area (Å²) in [5.74, 6) is -0.663. The predicted octanol–water partition coefficient (Wildman–Crippen LogP) is 6.10. The number of aromatic nitrogens is 1. The summed E-state index contributed by atoms with van der Waals surface area (Å²) in [5.41, 5.74) is 2.99. The van der Waals surface area contributed by atoms with Gasteiger partial charge >= 0.3 is 5.97 Å². The van der Waals surface area contributed by atoms with Gasteiger partial charge in [0.1, 0.15) is 0 Å². The van der Waals surface area contributed by atoms with Crippen LogP contribution in [-0.2, 0) is 16.1 Å². The molecule has 8 heteroatoms. The molecule has 0 aliphatic carbocycles. The number of nitrogens with zero attached hydrogens (tertiary/aromatic N) is 2. The van der Waals surface area contributed by atoms with E-state index in [1.165, 1.54) is 11.5 Å². The Morgan fingerprint density at radius 2 is 1.61 bits per heavy atom. The maximum atomic E-state index is 13.8. The first-order chi connectivity index (χ1) is 19.8. The first kappa shape index (κ1) is 28.5. The number of pyridine rings is 1. The number of piperidine rings is 1. The van der Waals surface area contributed by atoms with Crippen LogP contribution in [0.4, 0.5) is 0 Å². The number of hydrogen-bond acceptors (Lipinski definition) is 5. The van der Waals surface area contributed by atoms with E-state index in [0.29, 0.717) is 60.1 Å². The first-order valence-corrected chi connectivity index (χ1v) is 14.5. The van der Waals surface area contributed by atoms with Crippen molar-refractivity contribution < 1.29 is 19.1 Å². The summed E-state index contributed by atoms with van der Waals surface area (Å²) in [5, 5.41) is 1.24. The molecule has 0 radical (unpaired) electrons. The van der Waals surface area contributed by atoms with Gasteiger partial charge in [-0.15, -0.1) is 0 Å². The minimum Gasteiger partial charge on any atom is -0.466 e. The predicted molar refractivity (Wildman–Crippen MR) is 162 cm³/mol. The lowest BCUT2D eigenvalue weighted by molar-refractivity contribution is -0.149. The van der Waals surface area contributed by atoms with Gasteiger partial charge in [0.2, 0.25) is 0 Å². The molecule has 2 heterocycles. The molecule has 7 nitrogen and oxygen atoms in total. The third-order valence-corrected chi connectivity index (χ3v) is 8.07. The molecule has 4 aromatic rings. The van der Waals surface area contributed by atoms with Gasteiger partial charge in [-0.05, 0) is 66.6 Å². The second kappa shape index (κ2) is 12.2. The van der Waals surface area contributed by atoms with Gasteiger partial charge < -0.3 is 9.64 Å². The highest BCUT2D eigenvalue weighted by molar-refractivity contribution is 9.10. The van der Waals surface area contributed by atoms with Crippen LogP contribution in [0, 0.1) is 5.92 Å². The summed E-state index contributed by atoms with van der Waals surface area (Å²) < 4.78 is 7.49. The molecule has 1 aromatic heterocycles. The van der Waals surface area contributed by atoms with Crippen molar-refractivity contribution in [2.45, 2.75) is 33.2 Å². The number of ketones is 1. The fraction of sp³-hybridized carbons (Fsp3) is 0.273. The van der Waals surface area contributed by atoms with Crippen LogP contribution in [0.3, 0.4) is 0 Å². The number of carbonyl (C=O) groups is 3. The van der Waals surface area contributed by atoms with Gasteiger partial charge in [-0.25, -0.2) is 0 Å². The number of fused-ring (bicyclic) bond motifs is 1. The molecule has 0 N–H and O–H groups in total. The number of halogens is 1. The molecule has 1 aliphatic heterocycles. The zero-order chi connectivity index (χ0) is 29.1.